The number of nitrogens with zero attached hydrogens (tertiary/aromatic N) is 2. The molecule has 0 saturated carbocycles. The molecule has 0 bridgehead atoms. The molecule has 5 nitrogen and oxygen atoms in total. The fraction of sp³-hybridized carbons (Fsp3) is 0.312. The van der Waals surface area contributed by atoms with Crippen LogP contribution in [0.2, 0.25) is 5.02 Å². The first-order chi connectivity index (χ1) is 10.9. The molecule has 0 unspecified atom stereocenters. The fourth-order valence-corrected chi connectivity index (χ4v) is 4.32. The van der Waals surface area contributed by atoms with Crippen LogP contribution in [0.5, 0.6) is 5.88 Å². The van der Waals surface area contributed by atoms with Crippen LogP contribution in [0.4, 0.5) is 0 Å². The lowest BCUT2D eigenvalue weighted by atomic mass is 10.2. The quantitative estimate of drug-likeness (QED) is 0.849. The summed E-state index contributed by atoms with van der Waals surface area (Å²) in [5.41, 5.74) is 1.67. The zero-order valence-electron chi connectivity index (χ0n) is 12.9. The highest BCUT2D eigenvalue weighted by molar-refractivity contribution is 7.89. The van der Waals surface area contributed by atoms with Crippen molar-refractivity contribution in [2.45, 2.75) is 24.8 Å². The summed E-state index contributed by atoms with van der Waals surface area (Å²) >= 11 is 5.77. The number of aromatic nitrogens is 1. The number of rotatable bonds is 4. The summed E-state index contributed by atoms with van der Waals surface area (Å²) in [6.07, 6.45) is 1.31. The van der Waals surface area contributed by atoms with Crippen molar-refractivity contribution in [1.82, 2.24) is 9.29 Å². The van der Waals surface area contributed by atoms with Gasteiger partial charge in [0.2, 0.25) is 15.9 Å². The van der Waals surface area contributed by atoms with E-state index in [2.05, 4.69) is 4.98 Å². The summed E-state index contributed by atoms with van der Waals surface area (Å²) < 4.78 is 32.4. The van der Waals surface area contributed by atoms with E-state index >= 15 is 0 Å². The predicted molar refractivity (Wildman–Crippen MR) is 88.3 cm³/mol. The van der Waals surface area contributed by atoms with Gasteiger partial charge in [0, 0.05) is 12.3 Å². The molecule has 0 N–H and O–H groups in total. The van der Waals surface area contributed by atoms with Crippen molar-refractivity contribution in [3.63, 3.8) is 0 Å². The van der Waals surface area contributed by atoms with Crippen LogP contribution in [0.1, 0.15) is 11.1 Å². The molecule has 7 heteroatoms. The molecule has 0 atom stereocenters. The Kier molecular flexibility index (Phi) is 4.31. The Morgan fingerprint density at radius 1 is 1.22 bits per heavy atom. The Morgan fingerprint density at radius 2 is 1.96 bits per heavy atom. The maximum Gasteiger partial charge on any atom is 0.243 e. The average Bonchev–Trinajstić information content (AvgIpc) is 2.46. The molecular weight excluding hydrogens is 336 g/mol. The van der Waals surface area contributed by atoms with Crippen molar-refractivity contribution in [2.75, 3.05) is 13.1 Å². The molecule has 3 rings (SSSR count). The van der Waals surface area contributed by atoms with Crippen LogP contribution in [0.3, 0.4) is 0 Å². The Morgan fingerprint density at radius 3 is 2.61 bits per heavy atom. The maximum absolute atomic E-state index is 12.7. The van der Waals surface area contributed by atoms with Crippen LogP contribution in [0.25, 0.3) is 0 Å². The van der Waals surface area contributed by atoms with Gasteiger partial charge in [0.25, 0.3) is 0 Å². The van der Waals surface area contributed by atoms with Crippen LogP contribution in [-0.2, 0) is 10.0 Å². The molecule has 122 valence electrons. The molecule has 1 fully saturated rings. The second-order valence-electron chi connectivity index (χ2n) is 5.65. The van der Waals surface area contributed by atoms with Crippen molar-refractivity contribution >= 4 is 21.6 Å². The summed E-state index contributed by atoms with van der Waals surface area (Å²) in [4.78, 5) is 4.41. The number of pyridine rings is 1. The fourth-order valence-electron chi connectivity index (χ4n) is 2.40. The highest BCUT2D eigenvalue weighted by Crippen LogP contribution is 2.27. The molecule has 2 aromatic rings. The number of hydrogen-bond acceptors (Lipinski definition) is 4. The predicted octanol–water partition coefficient (Wildman–Crippen LogP) is 2.80. The van der Waals surface area contributed by atoms with Gasteiger partial charge in [0.15, 0.2) is 0 Å². The maximum atomic E-state index is 12.7. The minimum Gasteiger partial charge on any atom is -0.472 e. The van der Waals surface area contributed by atoms with Gasteiger partial charge in [-0.1, -0.05) is 23.7 Å². The van der Waals surface area contributed by atoms with Gasteiger partial charge in [-0.2, -0.15) is 4.31 Å². The van der Waals surface area contributed by atoms with E-state index in [1.165, 1.54) is 10.5 Å². The molecule has 1 saturated heterocycles. The lowest BCUT2D eigenvalue weighted by molar-refractivity contribution is 0.0720. The highest BCUT2D eigenvalue weighted by Gasteiger charge is 2.38. The Hall–Kier alpha value is -1.63. The molecule has 2 heterocycles. The lowest BCUT2D eigenvalue weighted by Gasteiger charge is -2.37. The van der Waals surface area contributed by atoms with E-state index < -0.39 is 10.0 Å². The van der Waals surface area contributed by atoms with E-state index in [1.54, 1.807) is 25.1 Å². The van der Waals surface area contributed by atoms with Gasteiger partial charge >= 0.3 is 0 Å². The van der Waals surface area contributed by atoms with E-state index in [0.717, 1.165) is 11.1 Å². The normalized spacial score (nSPS) is 16.1. The number of aryl methyl sites for hydroxylation is 2. The second kappa shape index (κ2) is 6.11. The molecule has 1 aromatic heterocycles. The van der Waals surface area contributed by atoms with Gasteiger partial charge in [0.1, 0.15) is 6.10 Å². The molecule has 0 amide bonds. The molecule has 1 aromatic carbocycles. The Balaban J connectivity index is 1.68. The molecule has 0 aliphatic carbocycles. The van der Waals surface area contributed by atoms with Gasteiger partial charge in [-0.05, 0) is 37.1 Å². The lowest BCUT2D eigenvalue weighted by Crippen LogP contribution is -2.56. The summed E-state index contributed by atoms with van der Waals surface area (Å²) in [6.45, 7) is 4.32. The van der Waals surface area contributed by atoms with Crippen molar-refractivity contribution in [3.05, 3.63) is 52.7 Å². The number of halogens is 1. The first-order valence-electron chi connectivity index (χ1n) is 7.22. The van der Waals surface area contributed by atoms with Crippen molar-refractivity contribution < 1.29 is 13.2 Å². The van der Waals surface area contributed by atoms with E-state index in [0.29, 0.717) is 28.9 Å². The third-order valence-corrected chi connectivity index (χ3v) is 5.96. The Labute approximate surface area is 140 Å². The first kappa shape index (κ1) is 16.2. The average molecular weight is 353 g/mol. The summed E-state index contributed by atoms with van der Waals surface area (Å²) in [5, 5.41) is 0.532. The summed E-state index contributed by atoms with van der Waals surface area (Å²) in [5.74, 6) is 0.447. The molecule has 23 heavy (non-hydrogen) atoms. The molecule has 1 aliphatic rings. The van der Waals surface area contributed by atoms with Gasteiger partial charge in [0.05, 0.1) is 23.0 Å². The van der Waals surface area contributed by atoms with E-state index in [9.17, 15) is 8.42 Å². The van der Waals surface area contributed by atoms with E-state index in [-0.39, 0.29) is 6.10 Å². The highest BCUT2D eigenvalue weighted by atomic mass is 35.5. The number of benzene rings is 1. The van der Waals surface area contributed by atoms with Crippen LogP contribution < -0.4 is 4.74 Å². The Bertz CT molecular complexity index is 816. The molecule has 1 aliphatic heterocycles. The third kappa shape index (κ3) is 3.34. The standard InChI is InChI=1S/C16H17ClN2O3S/c1-11-3-4-12(2)15(7-11)23(20,21)19-9-14(10-19)22-16-6-5-13(17)8-18-16/h3-8,14H,9-10H2,1-2H3. The minimum absolute atomic E-state index is 0.191. The monoisotopic (exact) mass is 352 g/mol. The van der Waals surface area contributed by atoms with Crippen LogP contribution in [0, 0.1) is 13.8 Å². The van der Waals surface area contributed by atoms with Crippen molar-refractivity contribution in [1.29, 1.82) is 0 Å². The minimum atomic E-state index is -3.48. The molecular formula is C16H17ClN2O3S. The van der Waals surface area contributed by atoms with Crippen LogP contribution >= 0.6 is 11.6 Å². The summed E-state index contributed by atoms with van der Waals surface area (Å²) in [6, 6.07) is 8.80. The smallest absolute Gasteiger partial charge is 0.243 e. The van der Waals surface area contributed by atoms with Crippen LogP contribution in [0.15, 0.2) is 41.4 Å². The third-order valence-electron chi connectivity index (χ3n) is 3.76. The van der Waals surface area contributed by atoms with Crippen molar-refractivity contribution in [2.24, 2.45) is 0 Å². The molecule has 0 radical (unpaired) electrons. The first-order valence-corrected chi connectivity index (χ1v) is 9.04. The van der Waals surface area contributed by atoms with E-state index in [1.807, 2.05) is 19.1 Å². The number of hydrogen-bond donors (Lipinski definition) is 0. The van der Waals surface area contributed by atoms with Crippen molar-refractivity contribution in [3.8, 4) is 5.88 Å². The van der Waals surface area contributed by atoms with Crippen LogP contribution in [-0.4, -0.2) is 36.9 Å². The zero-order valence-corrected chi connectivity index (χ0v) is 14.4. The SMILES string of the molecule is Cc1ccc(C)c(S(=O)(=O)N2CC(Oc3ccc(Cl)cn3)C2)c1. The van der Waals surface area contributed by atoms with Gasteiger partial charge in [-0.25, -0.2) is 13.4 Å². The summed E-state index contributed by atoms with van der Waals surface area (Å²) in [7, 11) is -3.48. The zero-order chi connectivity index (χ0) is 16.6. The largest absolute Gasteiger partial charge is 0.472 e. The second-order valence-corrected chi connectivity index (χ2v) is 7.99. The number of ether oxygens (including phenoxy) is 1. The topological polar surface area (TPSA) is 59.5 Å². The van der Waals surface area contributed by atoms with E-state index in [4.69, 9.17) is 16.3 Å². The van der Waals surface area contributed by atoms with Gasteiger partial charge in [-0.3, -0.25) is 0 Å². The molecule has 0 spiro atoms. The van der Waals surface area contributed by atoms with Gasteiger partial charge < -0.3 is 4.74 Å². The number of sulfonamides is 1. The van der Waals surface area contributed by atoms with Gasteiger partial charge in [-0.15, -0.1) is 0 Å².